The van der Waals surface area contributed by atoms with E-state index in [0.29, 0.717) is 6.26 Å². The van der Waals surface area contributed by atoms with Crippen LogP contribution in [0.3, 0.4) is 0 Å². The van der Waals surface area contributed by atoms with Crippen molar-refractivity contribution in [2.45, 2.75) is 13.8 Å². The second-order valence-corrected chi connectivity index (χ2v) is 7.10. The third kappa shape index (κ3) is 11.0. The lowest BCUT2D eigenvalue weighted by Crippen LogP contribution is -2.20. The van der Waals surface area contributed by atoms with Gasteiger partial charge in [-0.3, -0.25) is 5.43 Å². The Morgan fingerprint density at radius 3 is 2.14 bits per heavy atom. The van der Waals surface area contributed by atoms with Gasteiger partial charge in [0.25, 0.3) is 0 Å². The zero-order chi connectivity index (χ0) is 27.8. The van der Waals surface area contributed by atoms with E-state index in [1.165, 1.54) is 24.3 Å². The molecule has 0 fully saturated rings. The number of esters is 2. The highest BCUT2D eigenvalue weighted by molar-refractivity contribution is 6.59. The first-order valence-corrected chi connectivity index (χ1v) is 10.9. The largest absolute Gasteiger partial charge is 0.513 e. The lowest BCUT2D eigenvalue weighted by atomic mass is 10.3. The normalized spacial score (nSPS) is 11.7. The minimum Gasteiger partial charge on any atom is -0.513 e. The van der Waals surface area contributed by atoms with Crippen LogP contribution in [0.4, 0.5) is 20.2 Å². The van der Waals surface area contributed by atoms with Gasteiger partial charge < -0.3 is 19.8 Å². The number of benzene rings is 2. The van der Waals surface area contributed by atoms with E-state index in [1.54, 1.807) is 13.8 Å². The fraction of sp³-hybridized carbons (Fsp3) is 0.182. The van der Waals surface area contributed by atoms with E-state index >= 15 is 0 Å². The van der Waals surface area contributed by atoms with Crippen LogP contribution >= 0.6 is 23.2 Å². The van der Waals surface area contributed by atoms with Crippen molar-refractivity contribution in [2.75, 3.05) is 18.6 Å². The van der Waals surface area contributed by atoms with E-state index in [2.05, 4.69) is 35.4 Å². The molecule has 0 unspecified atom stereocenters. The maximum atomic E-state index is 13.4. The van der Waals surface area contributed by atoms with Gasteiger partial charge in [-0.2, -0.15) is 5.10 Å². The van der Waals surface area contributed by atoms with Gasteiger partial charge in [-0.05, 0) is 50.2 Å². The number of ether oxygens (including phenoxy) is 2. The monoisotopic (exact) mass is 559 g/mol. The second kappa shape index (κ2) is 16.5. The Kier molecular flexibility index (Phi) is 13.8. The molecule has 0 atom stereocenters. The highest BCUT2D eigenvalue weighted by Gasteiger charge is 2.12. The number of hydrogen-bond acceptors (Lipinski definition) is 11. The third-order valence-electron chi connectivity index (χ3n) is 3.67. The van der Waals surface area contributed by atoms with Gasteiger partial charge >= 0.3 is 11.9 Å². The minimum atomic E-state index is -0.849. The number of nitrogens with one attached hydrogen (secondary N) is 1. The van der Waals surface area contributed by atoms with Crippen molar-refractivity contribution in [1.29, 1.82) is 0 Å². The smallest absolute Gasteiger partial charge is 0.362 e. The molecule has 0 aliphatic rings. The second-order valence-electron chi connectivity index (χ2n) is 6.23. The minimum absolute atomic E-state index is 0.0116. The van der Waals surface area contributed by atoms with E-state index < -0.39 is 29.3 Å². The van der Waals surface area contributed by atoms with Crippen molar-refractivity contribution in [3.05, 3.63) is 70.0 Å². The Bertz CT molecular complexity index is 1210. The Labute approximate surface area is 219 Å². The number of rotatable bonds is 9. The molecule has 0 saturated heterocycles. The molecule has 0 aromatic heterocycles. The molecule has 15 heteroatoms. The lowest BCUT2D eigenvalue weighted by Gasteiger charge is -2.04. The van der Waals surface area contributed by atoms with Crippen LogP contribution in [-0.4, -0.2) is 47.4 Å². The molecule has 0 heterocycles. The van der Waals surface area contributed by atoms with Gasteiger partial charge in [0.2, 0.25) is 5.70 Å². The van der Waals surface area contributed by atoms with Crippen molar-refractivity contribution in [3.63, 3.8) is 0 Å². The molecule has 0 bridgehead atoms. The molecule has 3 N–H and O–H groups in total. The third-order valence-corrected chi connectivity index (χ3v) is 4.14. The van der Waals surface area contributed by atoms with E-state index in [0.717, 1.165) is 18.3 Å². The number of nitrogens with zero attached hydrogens (tertiary/aromatic N) is 4. The zero-order valence-electron chi connectivity index (χ0n) is 19.4. The fourth-order valence-corrected chi connectivity index (χ4v) is 2.40. The number of aliphatic hydroxyl groups excluding tert-OH is 1. The van der Waals surface area contributed by atoms with Crippen LogP contribution in [0, 0.1) is 11.6 Å². The summed E-state index contributed by atoms with van der Waals surface area (Å²) < 4.78 is 36.0. The van der Waals surface area contributed by atoms with E-state index in [9.17, 15) is 18.4 Å². The van der Waals surface area contributed by atoms with Crippen molar-refractivity contribution >= 4 is 58.4 Å². The molecule has 0 saturated carbocycles. The first-order valence-electron chi connectivity index (χ1n) is 10.2. The molecule has 2 rings (SSSR count). The summed E-state index contributed by atoms with van der Waals surface area (Å²) in [6.45, 7) is 3.47. The maximum Gasteiger partial charge on any atom is 0.362 e. The van der Waals surface area contributed by atoms with Gasteiger partial charge in [-0.1, -0.05) is 28.4 Å². The number of oxime groups is 1. The van der Waals surface area contributed by atoms with Crippen molar-refractivity contribution in [1.82, 2.24) is 0 Å². The number of aliphatic hydroxyl groups is 1. The quantitative estimate of drug-likeness (QED) is 0.0667. The summed E-state index contributed by atoms with van der Waals surface area (Å²) in [5.41, 5.74) is 1.49. The first-order chi connectivity index (χ1) is 17.7. The highest BCUT2D eigenvalue weighted by Crippen LogP contribution is 2.22. The lowest BCUT2D eigenvalue weighted by molar-refractivity contribution is -0.138. The Balaban J connectivity index is 0.000000371. The van der Waals surface area contributed by atoms with Crippen molar-refractivity contribution < 1.29 is 38.2 Å². The van der Waals surface area contributed by atoms with Crippen LogP contribution in [0.1, 0.15) is 13.8 Å². The highest BCUT2D eigenvalue weighted by atomic mass is 35.5. The van der Waals surface area contributed by atoms with Crippen molar-refractivity contribution in [2.24, 2.45) is 20.5 Å². The number of anilines is 1. The van der Waals surface area contributed by atoms with Gasteiger partial charge in [0.1, 0.15) is 24.0 Å². The average Bonchev–Trinajstić information content (AvgIpc) is 2.85. The summed E-state index contributed by atoms with van der Waals surface area (Å²) in [6.07, 6.45) is 1.22. The topological polar surface area (TPSA) is 155 Å². The molecule has 0 aliphatic carbocycles. The summed E-state index contributed by atoms with van der Waals surface area (Å²) >= 11 is 11.1. The summed E-state index contributed by atoms with van der Waals surface area (Å²) in [5, 5.41) is 30.8. The van der Waals surface area contributed by atoms with Gasteiger partial charge in [0.05, 0.1) is 18.9 Å². The van der Waals surface area contributed by atoms with E-state index in [4.69, 9.17) is 33.5 Å². The van der Waals surface area contributed by atoms with Gasteiger partial charge in [-0.15, -0.1) is 10.2 Å². The Hall–Kier alpha value is -4.10. The number of halogens is 4. The van der Waals surface area contributed by atoms with Crippen LogP contribution in [0.5, 0.6) is 0 Å². The summed E-state index contributed by atoms with van der Waals surface area (Å²) in [7, 11) is 0. The van der Waals surface area contributed by atoms with Crippen LogP contribution in [0.2, 0.25) is 10.0 Å². The number of carbonyl (C=O) groups excluding carboxylic acids is 2. The van der Waals surface area contributed by atoms with Crippen molar-refractivity contribution in [3.8, 4) is 0 Å². The number of hydrogen-bond donors (Lipinski definition) is 3. The van der Waals surface area contributed by atoms with E-state index in [1.807, 2.05) is 0 Å². The zero-order valence-corrected chi connectivity index (χ0v) is 20.9. The van der Waals surface area contributed by atoms with Crippen LogP contribution in [0.25, 0.3) is 0 Å². The molecule has 11 nitrogen and oxygen atoms in total. The Morgan fingerprint density at radius 2 is 1.59 bits per heavy atom. The average molecular weight is 560 g/mol. The van der Waals surface area contributed by atoms with Gasteiger partial charge in [0, 0.05) is 10.0 Å². The van der Waals surface area contributed by atoms with E-state index in [-0.39, 0.29) is 40.3 Å². The number of azo groups is 1. The molecular weight excluding hydrogens is 539 g/mol. The molecular formula is C22H21Cl2F2N5O6. The Morgan fingerprint density at radius 1 is 1.00 bits per heavy atom. The standard InChI is InChI=1S/C11H11ClFN3O3.C11H10ClFN2O3/c1-2-19-11(17)10(6-14-18)16-15-9-4-3-7(12)5-8(9)13;1-2-18-11(17)10(6-16)15-14-9-4-3-7(12)5-8(9)13/h3-6,15,18H,2H2,1H3;3-6,16H,2H2,1H3/b14-6+,16-10+;. The number of carbonyl (C=O) groups is 2. The van der Waals surface area contributed by atoms with Gasteiger partial charge in [-0.25, -0.2) is 18.4 Å². The van der Waals surface area contributed by atoms with Crippen LogP contribution < -0.4 is 5.43 Å². The van der Waals surface area contributed by atoms with Crippen LogP contribution in [0.15, 0.2) is 68.8 Å². The predicted octanol–water partition coefficient (Wildman–Crippen LogP) is 5.80. The summed E-state index contributed by atoms with van der Waals surface area (Å²) in [5.74, 6) is -2.98. The molecule has 2 aromatic carbocycles. The molecule has 37 heavy (non-hydrogen) atoms. The maximum absolute atomic E-state index is 13.4. The molecule has 198 valence electrons. The van der Waals surface area contributed by atoms with Crippen LogP contribution in [-0.2, 0) is 19.1 Å². The number of hydrazone groups is 1. The molecule has 0 amide bonds. The predicted molar refractivity (Wildman–Crippen MR) is 133 cm³/mol. The summed E-state index contributed by atoms with van der Waals surface area (Å²) in [6, 6.07) is 7.66. The SMILES string of the molecule is CCOC(=O)C(/C=N/O)=N/Nc1ccc(Cl)cc1F.CCOC(=O)C(=CO)N=Nc1ccc(Cl)cc1F. The fourth-order valence-electron chi connectivity index (χ4n) is 2.08. The molecule has 0 aliphatic heterocycles. The first kappa shape index (κ1) is 30.9. The summed E-state index contributed by atoms with van der Waals surface area (Å²) in [4.78, 5) is 22.6. The molecule has 2 aromatic rings. The molecule has 0 radical (unpaired) electrons. The molecule has 0 spiro atoms. The van der Waals surface area contributed by atoms with Gasteiger partial charge in [0.15, 0.2) is 11.5 Å².